The number of hydrogen-bond donors (Lipinski definition) is 2. The molecule has 1 aromatic heterocycles. The van der Waals surface area contributed by atoms with Crippen molar-refractivity contribution >= 4 is 27.6 Å². The molecule has 0 aliphatic heterocycles. The second-order valence-electron chi connectivity index (χ2n) is 5.29. The van der Waals surface area contributed by atoms with Crippen LogP contribution >= 0.6 is 0 Å². The van der Waals surface area contributed by atoms with Gasteiger partial charge in [-0.25, -0.2) is 18.4 Å². The van der Waals surface area contributed by atoms with Crippen molar-refractivity contribution in [3.8, 4) is 0 Å². The lowest BCUT2D eigenvalue weighted by Gasteiger charge is -2.13. The highest BCUT2D eigenvalue weighted by molar-refractivity contribution is 7.89. The maximum atomic E-state index is 12.1. The van der Waals surface area contributed by atoms with E-state index < -0.39 is 28.0 Å². The molecule has 1 heterocycles. The quantitative estimate of drug-likeness (QED) is 0.769. The van der Waals surface area contributed by atoms with Crippen molar-refractivity contribution in [3.05, 3.63) is 53.9 Å². The van der Waals surface area contributed by atoms with E-state index in [1.165, 1.54) is 37.4 Å². The number of amides is 1. The van der Waals surface area contributed by atoms with Gasteiger partial charge in [0, 0.05) is 17.6 Å². The molecule has 1 amide bonds. The van der Waals surface area contributed by atoms with E-state index in [9.17, 15) is 18.0 Å². The van der Waals surface area contributed by atoms with Crippen LogP contribution < -0.4 is 10.5 Å². The highest BCUT2D eigenvalue weighted by Gasteiger charge is 2.19. The molecule has 1 aromatic carbocycles. The number of nitrogens with two attached hydrogens (primary N) is 1. The van der Waals surface area contributed by atoms with Gasteiger partial charge in [0.1, 0.15) is 0 Å². The van der Waals surface area contributed by atoms with E-state index in [1.54, 1.807) is 19.1 Å². The van der Waals surface area contributed by atoms with Gasteiger partial charge in [-0.1, -0.05) is 0 Å². The van der Waals surface area contributed by atoms with Crippen molar-refractivity contribution < 1.29 is 22.7 Å². The monoisotopic (exact) mass is 363 g/mol. The lowest BCUT2D eigenvalue weighted by atomic mass is 10.2. The van der Waals surface area contributed by atoms with E-state index in [0.29, 0.717) is 5.69 Å². The summed E-state index contributed by atoms with van der Waals surface area (Å²) in [7, 11) is -3.80. The first-order valence-electron chi connectivity index (χ1n) is 7.24. The van der Waals surface area contributed by atoms with Crippen molar-refractivity contribution in [3.63, 3.8) is 0 Å². The Labute approximate surface area is 145 Å². The molecular formula is C16H17N3O5S. The number of primary sulfonamides is 1. The Morgan fingerprint density at radius 3 is 2.32 bits per heavy atom. The summed E-state index contributed by atoms with van der Waals surface area (Å²) in [6.45, 7) is 3.21. The Balaban J connectivity index is 1.98. The molecule has 0 aliphatic rings. The summed E-state index contributed by atoms with van der Waals surface area (Å²) in [6, 6.07) is 8.51. The van der Waals surface area contributed by atoms with Crippen LogP contribution in [0.1, 0.15) is 23.0 Å². The summed E-state index contributed by atoms with van der Waals surface area (Å²) < 4.78 is 27.4. The van der Waals surface area contributed by atoms with Gasteiger partial charge in [0.25, 0.3) is 5.91 Å². The first-order valence-corrected chi connectivity index (χ1v) is 8.79. The second kappa shape index (κ2) is 7.41. The molecule has 2 aromatic rings. The molecule has 0 radical (unpaired) electrons. The number of anilines is 1. The zero-order chi connectivity index (χ0) is 18.6. The van der Waals surface area contributed by atoms with Crippen LogP contribution in [0.4, 0.5) is 5.69 Å². The molecule has 0 bridgehead atoms. The molecule has 9 heteroatoms. The molecule has 8 nitrogen and oxygen atoms in total. The molecule has 1 unspecified atom stereocenters. The van der Waals surface area contributed by atoms with Crippen LogP contribution in [0.2, 0.25) is 0 Å². The van der Waals surface area contributed by atoms with Crippen molar-refractivity contribution in [2.75, 3.05) is 5.32 Å². The van der Waals surface area contributed by atoms with Gasteiger partial charge in [-0.05, 0) is 50.2 Å². The summed E-state index contributed by atoms with van der Waals surface area (Å²) >= 11 is 0. The van der Waals surface area contributed by atoms with Crippen LogP contribution in [0.25, 0.3) is 0 Å². The van der Waals surface area contributed by atoms with Crippen LogP contribution in [-0.2, 0) is 19.6 Å². The Morgan fingerprint density at radius 2 is 1.80 bits per heavy atom. The number of ether oxygens (including phenoxy) is 1. The number of hydrogen-bond acceptors (Lipinski definition) is 6. The van der Waals surface area contributed by atoms with E-state index in [2.05, 4.69) is 10.3 Å². The lowest BCUT2D eigenvalue weighted by Crippen LogP contribution is -2.30. The van der Waals surface area contributed by atoms with E-state index >= 15 is 0 Å². The third-order valence-electron chi connectivity index (χ3n) is 3.25. The number of rotatable bonds is 5. The van der Waals surface area contributed by atoms with Crippen LogP contribution in [0.15, 0.2) is 47.5 Å². The Kier molecular flexibility index (Phi) is 5.50. The SMILES string of the molecule is Cc1ccc(C(=O)OC(C)C(=O)Nc2ccc(S(N)(=O)=O)cc2)cn1. The molecule has 132 valence electrons. The normalized spacial score (nSPS) is 12.3. The molecule has 25 heavy (non-hydrogen) atoms. The Bertz CT molecular complexity index is 877. The van der Waals surface area contributed by atoms with Crippen molar-refractivity contribution in [1.82, 2.24) is 4.98 Å². The topological polar surface area (TPSA) is 128 Å². The summed E-state index contributed by atoms with van der Waals surface area (Å²) in [5.74, 6) is -1.23. The smallest absolute Gasteiger partial charge is 0.340 e. The number of carbonyl (C=O) groups excluding carboxylic acids is 2. The molecule has 0 saturated heterocycles. The Hall–Kier alpha value is -2.78. The average Bonchev–Trinajstić information content (AvgIpc) is 2.55. The zero-order valence-electron chi connectivity index (χ0n) is 13.6. The van der Waals surface area contributed by atoms with Gasteiger partial charge in [0.05, 0.1) is 10.5 Å². The fraction of sp³-hybridized carbons (Fsp3) is 0.188. The number of esters is 1. The van der Waals surface area contributed by atoms with E-state index in [0.717, 1.165) is 5.69 Å². The summed E-state index contributed by atoms with van der Waals surface area (Å²) in [6.07, 6.45) is 0.320. The van der Waals surface area contributed by atoms with Crippen LogP contribution in [0.3, 0.4) is 0 Å². The maximum Gasteiger partial charge on any atom is 0.340 e. The summed E-state index contributed by atoms with van der Waals surface area (Å²) in [5.41, 5.74) is 1.34. The fourth-order valence-electron chi connectivity index (χ4n) is 1.84. The zero-order valence-corrected chi connectivity index (χ0v) is 14.4. The summed E-state index contributed by atoms with van der Waals surface area (Å²) in [4.78, 5) is 27.9. The third-order valence-corrected chi connectivity index (χ3v) is 4.18. The highest BCUT2D eigenvalue weighted by Crippen LogP contribution is 2.13. The standard InChI is InChI=1S/C16H17N3O5S/c1-10-3-4-12(9-18-10)16(21)24-11(2)15(20)19-13-5-7-14(8-6-13)25(17,22)23/h3-9,11H,1-2H3,(H,19,20)(H2,17,22,23). The molecule has 0 aliphatic carbocycles. The number of nitrogens with zero attached hydrogens (tertiary/aromatic N) is 1. The van der Waals surface area contributed by atoms with Gasteiger partial charge in [0.2, 0.25) is 10.0 Å². The predicted molar refractivity (Wildman–Crippen MR) is 90.3 cm³/mol. The van der Waals surface area contributed by atoms with Gasteiger partial charge < -0.3 is 10.1 Å². The second-order valence-corrected chi connectivity index (χ2v) is 6.86. The van der Waals surface area contributed by atoms with E-state index in [-0.39, 0.29) is 10.5 Å². The molecular weight excluding hydrogens is 346 g/mol. The average molecular weight is 363 g/mol. The van der Waals surface area contributed by atoms with Gasteiger partial charge in [-0.15, -0.1) is 0 Å². The van der Waals surface area contributed by atoms with Crippen molar-refractivity contribution in [2.24, 2.45) is 5.14 Å². The largest absolute Gasteiger partial charge is 0.449 e. The highest BCUT2D eigenvalue weighted by atomic mass is 32.2. The number of benzene rings is 1. The number of pyridine rings is 1. The number of aromatic nitrogens is 1. The maximum absolute atomic E-state index is 12.1. The van der Waals surface area contributed by atoms with E-state index in [1.807, 2.05) is 0 Å². The molecule has 2 rings (SSSR count). The van der Waals surface area contributed by atoms with Gasteiger partial charge >= 0.3 is 5.97 Å². The van der Waals surface area contributed by atoms with Gasteiger partial charge in [-0.3, -0.25) is 9.78 Å². The molecule has 0 fully saturated rings. The predicted octanol–water partition coefficient (Wildman–Crippen LogP) is 1.22. The van der Waals surface area contributed by atoms with Crippen molar-refractivity contribution in [1.29, 1.82) is 0 Å². The van der Waals surface area contributed by atoms with E-state index in [4.69, 9.17) is 9.88 Å². The Morgan fingerprint density at radius 1 is 1.16 bits per heavy atom. The summed E-state index contributed by atoms with van der Waals surface area (Å²) in [5, 5.41) is 7.52. The van der Waals surface area contributed by atoms with Crippen LogP contribution in [0.5, 0.6) is 0 Å². The third kappa shape index (κ3) is 5.10. The van der Waals surface area contributed by atoms with Gasteiger partial charge in [-0.2, -0.15) is 0 Å². The molecule has 3 N–H and O–H groups in total. The molecule has 0 spiro atoms. The number of sulfonamides is 1. The minimum absolute atomic E-state index is 0.0724. The first-order chi connectivity index (χ1) is 11.7. The lowest BCUT2D eigenvalue weighted by molar-refractivity contribution is -0.123. The van der Waals surface area contributed by atoms with Crippen LogP contribution in [-0.4, -0.2) is 31.4 Å². The van der Waals surface area contributed by atoms with Gasteiger partial charge in [0.15, 0.2) is 6.10 Å². The first kappa shape index (κ1) is 18.6. The fourth-order valence-corrected chi connectivity index (χ4v) is 2.36. The van der Waals surface area contributed by atoms with Crippen molar-refractivity contribution in [2.45, 2.75) is 24.8 Å². The van der Waals surface area contributed by atoms with Crippen LogP contribution in [0, 0.1) is 6.92 Å². The molecule has 0 saturated carbocycles. The molecule has 1 atom stereocenters. The minimum atomic E-state index is -3.80. The number of nitrogens with one attached hydrogen (secondary N) is 1. The number of carbonyl (C=O) groups is 2. The minimum Gasteiger partial charge on any atom is -0.449 e. The number of aryl methyl sites for hydroxylation is 1.